The number of para-hydroxylation sites is 1. The van der Waals surface area contributed by atoms with Crippen LogP contribution in [0.25, 0.3) is 0 Å². The summed E-state index contributed by atoms with van der Waals surface area (Å²) in [6.07, 6.45) is 0. The third-order valence-electron chi connectivity index (χ3n) is 3.10. The number of carbonyl (C=O) groups is 1. The Balaban J connectivity index is 2.31. The summed E-state index contributed by atoms with van der Waals surface area (Å²) in [6, 6.07) is 7.79. The summed E-state index contributed by atoms with van der Waals surface area (Å²) in [6.45, 7) is 8.10. The Morgan fingerprint density at radius 1 is 1.32 bits per heavy atom. The van der Waals surface area contributed by atoms with Crippen LogP contribution < -0.4 is 5.32 Å². The first-order chi connectivity index (χ1) is 8.99. The van der Waals surface area contributed by atoms with E-state index in [1.165, 1.54) is 0 Å². The van der Waals surface area contributed by atoms with E-state index in [9.17, 15) is 4.79 Å². The highest BCUT2D eigenvalue weighted by Gasteiger charge is 2.14. The zero-order valence-corrected chi connectivity index (χ0v) is 11.7. The average molecular weight is 257 g/mol. The summed E-state index contributed by atoms with van der Waals surface area (Å²) < 4.78 is 0. The maximum absolute atomic E-state index is 12.2. The fraction of sp³-hybridized carbons (Fsp3) is 0.333. The molecule has 0 bridgehead atoms. The van der Waals surface area contributed by atoms with Crippen molar-refractivity contribution in [2.45, 2.75) is 33.6 Å². The van der Waals surface area contributed by atoms with Crippen LogP contribution >= 0.6 is 0 Å². The second-order valence-electron chi connectivity index (χ2n) is 5.08. The highest BCUT2D eigenvalue weighted by molar-refractivity contribution is 6.03. The van der Waals surface area contributed by atoms with Crippen molar-refractivity contribution in [1.82, 2.24) is 10.2 Å². The highest BCUT2D eigenvalue weighted by Crippen LogP contribution is 2.27. The number of aromatic nitrogens is 2. The van der Waals surface area contributed by atoms with Gasteiger partial charge in [-0.2, -0.15) is 5.10 Å². The number of nitrogens with zero attached hydrogens (tertiary/aromatic N) is 1. The molecule has 2 rings (SSSR count). The van der Waals surface area contributed by atoms with Crippen LogP contribution in [0, 0.1) is 13.8 Å². The van der Waals surface area contributed by atoms with Crippen LogP contribution in [0.5, 0.6) is 0 Å². The number of amides is 1. The molecule has 2 N–H and O–H groups in total. The Morgan fingerprint density at radius 3 is 2.63 bits per heavy atom. The first-order valence-electron chi connectivity index (χ1n) is 6.42. The first-order valence-corrected chi connectivity index (χ1v) is 6.42. The van der Waals surface area contributed by atoms with Gasteiger partial charge in [0.2, 0.25) is 0 Å². The molecule has 0 saturated heterocycles. The molecule has 19 heavy (non-hydrogen) atoms. The fourth-order valence-corrected chi connectivity index (χ4v) is 2.05. The van der Waals surface area contributed by atoms with Crippen LogP contribution in [0.1, 0.15) is 47.1 Å². The number of aromatic amines is 1. The highest BCUT2D eigenvalue weighted by atomic mass is 16.1. The predicted octanol–water partition coefficient (Wildman–Crippen LogP) is 3.40. The number of anilines is 1. The average Bonchev–Trinajstić information content (AvgIpc) is 2.78. The smallest absolute Gasteiger partial charge is 0.276 e. The van der Waals surface area contributed by atoms with E-state index < -0.39 is 0 Å². The van der Waals surface area contributed by atoms with Crippen LogP contribution in [0.4, 0.5) is 5.69 Å². The largest absolute Gasteiger partial charge is 0.320 e. The molecule has 1 aromatic carbocycles. The van der Waals surface area contributed by atoms with E-state index in [1.54, 1.807) is 6.07 Å². The molecule has 0 spiro atoms. The number of benzene rings is 1. The fourth-order valence-electron chi connectivity index (χ4n) is 2.05. The SMILES string of the molecule is Cc1cc(C(=O)Nc2c(C)cccc2C(C)C)n[nH]1. The van der Waals surface area contributed by atoms with Gasteiger partial charge < -0.3 is 5.32 Å². The third kappa shape index (κ3) is 2.84. The third-order valence-corrected chi connectivity index (χ3v) is 3.10. The number of hydrogen-bond acceptors (Lipinski definition) is 2. The van der Waals surface area contributed by atoms with Crippen LogP contribution in [0.15, 0.2) is 24.3 Å². The van der Waals surface area contributed by atoms with Gasteiger partial charge in [0.15, 0.2) is 5.69 Å². The molecule has 1 amide bonds. The number of carbonyl (C=O) groups excluding carboxylic acids is 1. The van der Waals surface area contributed by atoms with Gasteiger partial charge in [0.05, 0.1) is 0 Å². The van der Waals surface area contributed by atoms with E-state index in [2.05, 4.69) is 29.4 Å². The monoisotopic (exact) mass is 257 g/mol. The minimum absolute atomic E-state index is 0.180. The van der Waals surface area contributed by atoms with E-state index in [-0.39, 0.29) is 5.91 Å². The van der Waals surface area contributed by atoms with Crippen molar-refractivity contribution in [3.8, 4) is 0 Å². The van der Waals surface area contributed by atoms with Crippen LogP contribution in [0.3, 0.4) is 0 Å². The van der Waals surface area contributed by atoms with Crippen LogP contribution in [0.2, 0.25) is 0 Å². The van der Waals surface area contributed by atoms with E-state index in [0.717, 1.165) is 22.5 Å². The van der Waals surface area contributed by atoms with Crippen LogP contribution in [-0.2, 0) is 0 Å². The number of H-pyrrole nitrogens is 1. The maximum atomic E-state index is 12.2. The van der Waals surface area contributed by atoms with Gasteiger partial charge in [-0.25, -0.2) is 0 Å². The van der Waals surface area contributed by atoms with Crippen molar-refractivity contribution >= 4 is 11.6 Å². The Morgan fingerprint density at radius 2 is 2.05 bits per heavy atom. The lowest BCUT2D eigenvalue weighted by molar-refractivity contribution is 0.102. The van der Waals surface area contributed by atoms with Gasteiger partial charge in [-0.3, -0.25) is 9.89 Å². The summed E-state index contributed by atoms with van der Waals surface area (Å²) in [5.41, 5.74) is 4.38. The zero-order chi connectivity index (χ0) is 14.0. The molecule has 0 atom stereocenters. The van der Waals surface area contributed by atoms with Crippen molar-refractivity contribution in [1.29, 1.82) is 0 Å². The van der Waals surface area contributed by atoms with E-state index in [4.69, 9.17) is 0 Å². The molecule has 0 aliphatic rings. The number of rotatable bonds is 3. The second kappa shape index (κ2) is 5.26. The molecular weight excluding hydrogens is 238 g/mol. The lowest BCUT2D eigenvalue weighted by Gasteiger charge is -2.15. The summed E-state index contributed by atoms with van der Waals surface area (Å²) in [7, 11) is 0. The van der Waals surface area contributed by atoms with Gasteiger partial charge >= 0.3 is 0 Å². The van der Waals surface area contributed by atoms with Crippen LogP contribution in [-0.4, -0.2) is 16.1 Å². The molecule has 4 nitrogen and oxygen atoms in total. The molecular formula is C15H19N3O. The molecule has 4 heteroatoms. The quantitative estimate of drug-likeness (QED) is 0.885. The van der Waals surface area contributed by atoms with Crippen molar-refractivity contribution in [2.75, 3.05) is 5.32 Å². The first kappa shape index (κ1) is 13.3. The zero-order valence-electron chi connectivity index (χ0n) is 11.7. The predicted molar refractivity (Wildman–Crippen MR) is 76.5 cm³/mol. The minimum atomic E-state index is -0.180. The summed E-state index contributed by atoms with van der Waals surface area (Å²) in [5.74, 6) is 0.177. The van der Waals surface area contributed by atoms with E-state index in [0.29, 0.717) is 11.6 Å². The van der Waals surface area contributed by atoms with Gasteiger partial charge in [0, 0.05) is 11.4 Å². The molecule has 0 radical (unpaired) electrons. The lowest BCUT2D eigenvalue weighted by Crippen LogP contribution is -2.15. The number of nitrogens with one attached hydrogen (secondary N) is 2. The Kier molecular flexibility index (Phi) is 3.69. The molecule has 0 aliphatic carbocycles. The summed E-state index contributed by atoms with van der Waals surface area (Å²) in [4.78, 5) is 12.2. The van der Waals surface area contributed by atoms with Crippen molar-refractivity contribution in [3.63, 3.8) is 0 Å². The molecule has 0 unspecified atom stereocenters. The Bertz CT molecular complexity index is 599. The molecule has 1 aromatic heterocycles. The topological polar surface area (TPSA) is 57.8 Å². The number of hydrogen-bond donors (Lipinski definition) is 2. The molecule has 2 aromatic rings. The molecule has 0 aliphatic heterocycles. The van der Waals surface area contributed by atoms with E-state index in [1.807, 2.05) is 32.0 Å². The normalized spacial score (nSPS) is 10.8. The van der Waals surface area contributed by atoms with Crippen molar-refractivity contribution in [2.24, 2.45) is 0 Å². The number of aryl methyl sites for hydroxylation is 2. The summed E-state index contributed by atoms with van der Waals surface area (Å²) in [5, 5.41) is 9.72. The Hall–Kier alpha value is -2.10. The maximum Gasteiger partial charge on any atom is 0.276 e. The van der Waals surface area contributed by atoms with Gasteiger partial charge in [-0.05, 0) is 37.0 Å². The Labute approximate surface area is 113 Å². The molecule has 100 valence electrons. The van der Waals surface area contributed by atoms with Crippen molar-refractivity contribution < 1.29 is 4.79 Å². The van der Waals surface area contributed by atoms with Gasteiger partial charge in [-0.15, -0.1) is 0 Å². The molecule has 0 saturated carbocycles. The second-order valence-corrected chi connectivity index (χ2v) is 5.08. The lowest BCUT2D eigenvalue weighted by atomic mass is 9.98. The van der Waals surface area contributed by atoms with Gasteiger partial charge in [0.1, 0.15) is 0 Å². The molecule has 1 heterocycles. The standard InChI is InChI=1S/C15H19N3O/c1-9(2)12-7-5-6-10(3)14(12)16-15(19)13-8-11(4)17-18-13/h5-9H,1-4H3,(H,16,19)(H,17,18). The van der Waals surface area contributed by atoms with Crippen molar-refractivity contribution in [3.05, 3.63) is 46.8 Å². The molecule has 0 fully saturated rings. The van der Waals surface area contributed by atoms with Gasteiger partial charge in [0.25, 0.3) is 5.91 Å². The minimum Gasteiger partial charge on any atom is -0.320 e. The van der Waals surface area contributed by atoms with Gasteiger partial charge in [-0.1, -0.05) is 32.0 Å². The van der Waals surface area contributed by atoms with E-state index >= 15 is 0 Å². The summed E-state index contributed by atoms with van der Waals surface area (Å²) >= 11 is 0.